The molecule has 1 saturated heterocycles. The zero-order valence-electron chi connectivity index (χ0n) is 11.3. The maximum Gasteiger partial charge on any atom is 0.239 e. The quantitative estimate of drug-likeness (QED) is 0.925. The largest absolute Gasteiger partial charge is 0.497 e. The third kappa shape index (κ3) is 3.39. The molecule has 0 bridgehead atoms. The highest BCUT2D eigenvalue weighted by molar-refractivity contribution is 5.85. The molecular formula is C14H21ClN2O2. The molecular weight excluding hydrogens is 264 g/mol. The Morgan fingerprint density at radius 2 is 2.05 bits per heavy atom. The second kappa shape index (κ2) is 6.78. The van der Waals surface area contributed by atoms with Crippen LogP contribution in [0.15, 0.2) is 24.3 Å². The van der Waals surface area contributed by atoms with Gasteiger partial charge in [0.25, 0.3) is 0 Å². The van der Waals surface area contributed by atoms with E-state index in [9.17, 15) is 4.79 Å². The molecule has 5 heteroatoms. The first-order valence-electron chi connectivity index (χ1n) is 6.33. The van der Waals surface area contributed by atoms with Crippen molar-refractivity contribution in [2.24, 2.45) is 5.73 Å². The van der Waals surface area contributed by atoms with E-state index in [0.29, 0.717) is 0 Å². The van der Waals surface area contributed by atoms with Crippen LogP contribution >= 0.6 is 12.4 Å². The summed E-state index contributed by atoms with van der Waals surface area (Å²) in [6, 6.07) is 7.65. The Morgan fingerprint density at radius 1 is 1.42 bits per heavy atom. The molecule has 0 aliphatic carbocycles. The van der Waals surface area contributed by atoms with Gasteiger partial charge in [0, 0.05) is 6.54 Å². The Labute approximate surface area is 120 Å². The molecule has 1 amide bonds. The topological polar surface area (TPSA) is 55.6 Å². The van der Waals surface area contributed by atoms with Gasteiger partial charge in [-0.05, 0) is 37.5 Å². The second-order valence-electron chi connectivity index (χ2n) is 4.75. The number of ether oxygens (including phenoxy) is 1. The van der Waals surface area contributed by atoms with Crippen LogP contribution in [0.1, 0.15) is 31.4 Å². The molecule has 4 nitrogen and oxygen atoms in total. The van der Waals surface area contributed by atoms with Crippen molar-refractivity contribution in [1.82, 2.24) is 4.90 Å². The third-order valence-corrected chi connectivity index (χ3v) is 3.43. The van der Waals surface area contributed by atoms with Crippen molar-refractivity contribution in [2.75, 3.05) is 13.7 Å². The number of hydrogen-bond donors (Lipinski definition) is 1. The number of carbonyl (C=O) groups excluding carboxylic acids is 1. The van der Waals surface area contributed by atoms with Crippen LogP contribution < -0.4 is 10.5 Å². The van der Waals surface area contributed by atoms with Crippen LogP contribution in [-0.2, 0) is 4.79 Å². The molecule has 0 aromatic heterocycles. The van der Waals surface area contributed by atoms with Crippen molar-refractivity contribution in [3.05, 3.63) is 29.8 Å². The van der Waals surface area contributed by atoms with E-state index >= 15 is 0 Å². The van der Waals surface area contributed by atoms with Gasteiger partial charge < -0.3 is 15.4 Å². The molecule has 1 unspecified atom stereocenters. The number of nitrogens with zero attached hydrogens (tertiary/aromatic N) is 1. The molecule has 1 fully saturated rings. The zero-order valence-corrected chi connectivity index (χ0v) is 12.2. The predicted octanol–water partition coefficient (Wildman–Crippen LogP) is 2.13. The summed E-state index contributed by atoms with van der Waals surface area (Å²) in [6.07, 6.45) is 2.04. The van der Waals surface area contributed by atoms with Gasteiger partial charge in [0.05, 0.1) is 19.2 Å². The minimum Gasteiger partial charge on any atom is -0.497 e. The van der Waals surface area contributed by atoms with Crippen molar-refractivity contribution in [2.45, 2.75) is 31.8 Å². The van der Waals surface area contributed by atoms with Crippen molar-refractivity contribution >= 4 is 18.3 Å². The first kappa shape index (κ1) is 15.8. The van der Waals surface area contributed by atoms with Crippen LogP contribution in [-0.4, -0.2) is 30.5 Å². The smallest absolute Gasteiger partial charge is 0.239 e. The van der Waals surface area contributed by atoms with Crippen LogP contribution in [0, 0.1) is 0 Å². The molecule has 2 N–H and O–H groups in total. The number of halogens is 1. The fourth-order valence-electron chi connectivity index (χ4n) is 2.46. The third-order valence-electron chi connectivity index (χ3n) is 3.43. The van der Waals surface area contributed by atoms with Gasteiger partial charge in [-0.1, -0.05) is 12.1 Å². The minimum atomic E-state index is -0.427. The normalized spacial score (nSPS) is 19.7. The molecule has 1 heterocycles. The average molecular weight is 285 g/mol. The van der Waals surface area contributed by atoms with Gasteiger partial charge >= 0.3 is 0 Å². The summed E-state index contributed by atoms with van der Waals surface area (Å²) in [7, 11) is 1.65. The summed E-state index contributed by atoms with van der Waals surface area (Å²) >= 11 is 0. The SMILES string of the molecule is COc1ccc(C2CCCN2C(=O)[C@@H](C)N)cc1.Cl. The van der Waals surface area contributed by atoms with E-state index in [4.69, 9.17) is 10.5 Å². The lowest BCUT2D eigenvalue weighted by Crippen LogP contribution is -2.41. The number of rotatable bonds is 3. The Kier molecular flexibility index (Phi) is 5.63. The van der Waals surface area contributed by atoms with Gasteiger partial charge in [0.1, 0.15) is 5.75 Å². The highest BCUT2D eigenvalue weighted by atomic mass is 35.5. The number of carbonyl (C=O) groups is 1. The lowest BCUT2D eigenvalue weighted by molar-refractivity contribution is -0.133. The van der Waals surface area contributed by atoms with Gasteiger partial charge in [-0.2, -0.15) is 0 Å². The summed E-state index contributed by atoms with van der Waals surface area (Å²) in [5, 5.41) is 0. The van der Waals surface area contributed by atoms with E-state index in [1.165, 1.54) is 0 Å². The summed E-state index contributed by atoms with van der Waals surface area (Å²) in [4.78, 5) is 13.9. The Morgan fingerprint density at radius 3 is 2.58 bits per heavy atom. The summed E-state index contributed by atoms with van der Waals surface area (Å²) in [6.45, 7) is 2.54. The molecule has 1 aromatic carbocycles. The van der Waals surface area contributed by atoms with Gasteiger partial charge in [0.2, 0.25) is 5.91 Å². The molecule has 19 heavy (non-hydrogen) atoms. The fraction of sp³-hybridized carbons (Fsp3) is 0.500. The average Bonchev–Trinajstić information content (AvgIpc) is 2.87. The summed E-state index contributed by atoms with van der Waals surface area (Å²) in [5.41, 5.74) is 6.85. The molecule has 2 rings (SSSR count). The molecule has 0 radical (unpaired) electrons. The van der Waals surface area contributed by atoms with Crippen LogP contribution in [0.3, 0.4) is 0 Å². The molecule has 0 spiro atoms. The molecule has 106 valence electrons. The van der Waals surface area contributed by atoms with Crippen LogP contribution in [0.5, 0.6) is 5.75 Å². The molecule has 2 atom stereocenters. The Hall–Kier alpha value is -1.26. The number of nitrogens with two attached hydrogens (primary N) is 1. The van der Waals surface area contributed by atoms with Crippen molar-refractivity contribution in [1.29, 1.82) is 0 Å². The molecule has 0 saturated carbocycles. The number of hydrogen-bond acceptors (Lipinski definition) is 3. The molecule has 1 aliphatic rings. The molecule has 1 aromatic rings. The van der Waals surface area contributed by atoms with Crippen molar-refractivity contribution in [3.63, 3.8) is 0 Å². The lowest BCUT2D eigenvalue weighted by Gasteiger charge is -2.26. The van der Waals surface area contributed by atoms with Gasteiger partial charge in [-0.3, -0.25) is 4.79 Å². The molecule has 1 aliphatic heterocycles. The van der Waals surface area contributed by atoms with E-state index in [-0.39, 0.29) is 24.4 Å². The van der Waals surface area contributed by atoms with Gasteiger partial charge in [-0.15, -0.1) is 12.4 Å². The van der Waals surface area contributed by atoms with E-state index in [0.717, 1.165) is 30.7 Å². The maximum absolute atomic E-state index is 12.0. The number of benzene rings is 1. The zero-order chi connectivity index (χ0) is 13.1. The minimum absolute atomic E-state index is 0. The van der Waals surface area contributed by atoms with Crippen LogP contribution in [0.25, 0.3) is 0 Å². The van der Waals surface area contributed by atoms with E-state index < -0.39 is 6.04 Å². The van der Waals surface area contributed by atoms with Crippen LogP contribution in [0.2, 0.25) is 0 Å². The number of amides is 1. The van der Waals surface area contributed by atoms with E-state index in [1.54, 1.807) is 14.0 Å². The van der Waals surface area contributed by atoms with E-state index in [1.807, 2.05) is 29.2 Å². The summed E-state index contributed by atoms with van der Waals surface area (Å²) in [5.74, 6) is 0.870. The number of likely N-dealkylation sites (tertiary alicyclic amines) is 1. The predicted molar refractivity (Wildman–Crippen MR) is 77.6 cm³/mol. The van der Waals surface area contributed by atoms with Gasteiger partial charge in [0.15, 0.2) is 0 Å². The Balaban J connectivity index is 0.00000180. The number of methoxy groups -OCH3 is 1. The maximum atomic E-state index is 12.0. The monoisotopic (exact) mass is 284 g/mol. The first-order chi connectivity index (χ1) is 8.63. The highest BCUT2D eigenvalue weighted by Crippen LogP contribution is 2.32. The Bertz CT molecular complexity index is 420. The second-order valence-corrected chi connectivity index (χ2v) is 4.75. The first-order valence-corrected chi connectivity index (χ1v) is 6.33. The highest BCUT2D eigenvalue weighted by Gasteiger charge is 2.31. The standard InChI is InChI=1S/C14H20N2O2.ClH/c1-10(15)14(17)16-9-3-4-13(16)11-5-7-12(18-2)8-6-11;/h5-8,10,13H,3-4,9,15H2,1-2H3;1H/t10-,13?;/m1./s1. The van der Waals surface area contributed by atoms with E-state index in [2.05, 4.69) is 0 Å². The van der Waals surface area contributed by atoms with Crippen LogP contribution in [0.4, 0.5) is 0 Å². The van der Waals surface area contributed by atoms with Gasteiger partial charge in [-0.25, -0.2) is 0 Å². The lowest BCUT2D eigenvalue weighted by atomic mass is 10.0. The van der Waals surface area contributed by atoms with Crippen molar-refractivity contribution in [3.8, 4) is 5.75 Å². The van der Waals surface area contributed by atoms with Crippen molar-refractivity contribution < 1.29 is 9.53 Å². The fourth-order valence-corrected chi connectivity index (χ4v) is 2.46. The summed E-state index contributed by atoms with van der Waals surface area (Å²) < 4.78 is 5.14.